The third kappa shape index (κ3) is 6.07. The van der Waals surface area contributed by atoms with Gasteiger partial charge >= 0.3 is 0 Å². The van der Waals surface area contributed by atoms with E-state index in [4.69, 9.17) is 10.5 Å². The number of hydrogen-bond donors (Lipinski definition) is 2. The second kappa shape index (κ2) is 10.1. The fourth-order valence-electron chi connectivity index (χ4n) is 2.61. The molecule has 150 valence electrons. The SMILES string of the molecule is COc1ccc(CCC(=O)Nc2sc(SCC(N)=O)nc2-c2ccccc2)cc1. The smallest absolute Gasteiger partial charge is 0.227 e. The fourth-order valence-corrected chi connectivity index (χ4v) is 4.43. The van der Waals surface area contributed by atoms with E-state index in [0.717, 1.165) is 16.9 Å². The van der Waals surface area contributed by atoms with Crippen LogP contribution in [0.4, 0.5) is 5.00 Å². The van der Waals surface area contributed by atoms with Crippen molar-refractivity contribution >= 4 is 39.9 Å². The summed E-state index contributed by atoms with van der Waals surface area (Å²) in [6.07, 6.45) is 0.973. The minimum atomic E-state index is -0.406. The number of methoxy groups -OCH3 is 1. The number of thioether (sulfide) groups is 1. The van der Waals surface area contributed by atoms with Gasteiger partial charge in [0.05, 0.1) is 12.9 Å². The van der Waals surface area contributed by atoms with Gasteiger partial charge in [-0.1, -0.05) is 65.6 Å². The molecule has 0 unspecified atom stereocenters. The molecule has 0 aliphatic carbocycles. The minimum Gasteiger partial charge on any atom is -0.497 e. The number of carbonyl (C=O) groups excluding carboxylic acids is 2. The summed E-state index contributed by atoms with van der Waals surface area (Å²) in [5, 5.41) is 3.64. The highest BCUT2D eigenvalue weighted by molar-refractivity contribution is 8.01. The Morgan fingerprint density at radius 1 is 1.14 bits per heavy atom. The van der Waals surface area contributed by atoms with Gasteiger partial charge in [0.1, 0.15) is 16.4 Å². The molecule has 2 amide bonds. The van der Waals surface area contributed by atoms with Crippen LogP contribution in [0.2, 0.25) is 0 Å². The van der Waals surface area contributed by atoms with Crippen LogP contribution >= 0.6 is 23.1 Å². The summed E-state index contributed by atoms with van der Waals surface area (Å²) in [6.45, 7) is 0. The third-order valence-electron chi connectivity index (χ3n) is 4.05. The van der Waals surface area contributed by atoms with Gasteiger partial charge in [-0.05, 0) is 24.1 Å². The summed E-state index contributed by atoms with van der Waals surface area (Å²) < 4.78 is 5.84. The number of carbonyl (C=O) groups is 2. The molecule has 0 spiro atoms. The van der Waals surface area contributed by atoms with Crippen molar-refractivity contribution in [2.45, 2.75) is 17.2 Å². The quantitative estimate of drug-likeness (QED) is 0.504. The molecule has 0 aliphatic rings. The van der Waals surface area contributed by atoms with Gasteiger partial charge in [-0.25, -0.2) is 4.98 Å². The average molecular weight is 428 g/mol. The highest BCUT2D eigenvalue weighted by atomic mass is 32.2. The number of nitrogens with one attached hydrogen (secondary N) is 1. The van der Waals surface area contributed by atoms with Crippen LogP contribution in [0.1, 0.15) is 12.0 Å². The van der Waals surface area contributed by atoms with Crippen LogP contribution < -0.4 is 15.8 Å². The molecule has 6 nitrogen and oxygen atoms in total. The Bertz CT molecular complexity index is 973. The van der Waals surface area contributed by atoms with E-state index in [2.05, 4.69) is 10.3 Å². The lowest BCUT2D eigenvalue weighted by Gasteiger charge is -2.06. The molecule has 3 rings (SSSR count). The highest BCUT2D eigenvalue weighted by Gasteiger charge is 2.16. The van der Waals surface area contributed by atoms with Crippen molar-refractivity contribution in [1.29, 1.82) is 0 Å². The Hall–Kier alpha value is -2.84. The number of anilines is 1. The number of rotatable bonds is 9. The number of amides is 2. The summed E-state index contributed by atoms with van der Waals surface area (Å²) in [6, 6.07) is 17.3. The van der Waals surface area contributed by atoms with Gasteiger partial charge in [0.25, 0.3) is 0 Å². The first-order valence-corrected chi connectivity index (χ1v) is 10.8. The topological polar surface area (TPSA) is 94.3 Å². The van der Waals surface area contributed by atoms with E-state index in [0.29, 0.717) is 27.9 Å². The Labute approximate surface area is 177 Å². The molecule has 1 aromatic heterocycles. The second-order valence-electron chi connectivity index (χ2n) is 6.17. The van der Waals surface area contributed by atoms with Crippen molar-refractivity contribution in [1.82, 2.24) is 4.98 Å². The van der Waals surface area contributed by atoms with Gasteiger partial charge in [-0.2, -0.15) is 0 Å². The molecule has 0 saturated heterocycles. The average Bonchev–Trinajstić information content (AvgIpc) is 3.14. The number of primary amides is 1. The predicted molar refractivity (Wildman–Crippen MR) is 117 cm³/mol. The number of aromatic nitrogens is 1. The summed E-state index contributed by atoms with van der Waals surface area (Å²) >= 11 is 2.62. The standard InChI is InChI=1S/C21H21N3O3S2/c1-27-16-10-7-14(8-11-16)9-12-18(26)23-20-19(15-5-3-2-4-6-15)24-21(29-20)28-13-17(22)25/h2-8,10-11H,9,12-13H2,1H3,(H2,22,25)(H,23,26). The first-order chi connectivity index (χ1) is 14.0. The number of nitrogens with two attached hydrogens (primary N) is 1. The lowest BCUT2D eigenvalue weighted by molar-refractivity contribution is -0.116. The molecule has 3 aromatic rings. The van der Waals surface area contributed by atoms with Crippen LogP contribution in [0, 0.1) is 0 Å². The van der Waals surface area contributed by atoms with Crippen LogP contribution in [-0.2, 0) is 16.0 Å². The van der Waals surface area contributed by atoms with Crippen LogP contribution in [0.25, 0.3) is 11.3 Å². The molecule has 2 aromatic carbocycles. The van der Waals surface area contributed by atoms with Crippen molar-refractivity contribution in [3.05, 3.63) is 60.2 Å². The number of nitrogens with zero attached hydrogens (tertiary/aromatic N) is 1. The normalized spacial score (nSPS) is 10.5. The molecular formula is C21H21N3O3S2. The molecule has 0 fully saturated rings. The van der Waals surface area contributed by atoms with E-state index in [-0.39, 0.29) is 11.7 Å². The molecular weight excluding hydrogens is 406 g/mol. The second-order valence-corrected chi connectivity index (χ2v) is 8.40. The zero-order valence-electron chi connectivity index (χ0n) is 15.9. The number of aryl methyl sites for hydroxylation is 1. The van der Waals surface area contributed by atoms with Crippen LogP contribution in [-0.4, -0.2) is 29.7 Å². The molecule has 8 heteroatoms. The largest absolute Gasteiger partial charge is 0.497 e. The molecule has 0 aliphatic heterocycles. The Kier molecular flexibility index (Phi) is 7.26. The van der Waals surface area contributed by atoms with Gasteiger partial charge in [0.2, 0.25) is 11.8 Å². The van der Waals surface area contributed by atoms with Gasteiger partial charge < -0.3 is 15.8 Å². The van der Waals surface area contributed by atoms with Crippen molar-refractivity contribution in [2.75, 3.05) is 18.2 Å². The van der Waals surface area contributed by atoms with E-state index < -0.39 is 5.91 Å². The van der Waals surface area contributed by atoms with Crippen LogP contribution in [0.3, 0.4) is 0 Å². The van der Waals surface area contributed by atoms with Crippen molar-refractivity contribution in [3.63, 3.8) is 0 Å². The van der Waals surface area contributed by atoms with E-state index in [1.54, 1.807) is 7.11 Å². The number of thiazole rings is 1. The first-order valence-electron chi connectivity index (χ1n) is 8.95. The number of ether oxygens (including phenoxy) is 1. The van der Waals surface area contributed by atoms with E-state index in [1.807, 2.05) is 54.6 Å². The number of hydrogen-bond acceptors (Lipinski definition) is 6. The van der Waals surface area contributed by atoms with Crippen LogP contribution in [0.5, 0.6) is 5.75 Å². The zero-order valence-corrected chi connectivity index (χ0v) is 17.5. The summed E-state index contributed by atoms with van der Waals surface area (Å²) in [4.78, 5) is 28.2. The van der Waals surface area contributed by atoms with Gasteiger partial charge in [-0.3, -0.25) is 9.59 Å². The maximum Gasteiger partial charge on any atom is 0.227 e. The minimum absolute atomic E-state index is 0.0897. The lowest BCUT2D eigenvalue weighted by atomic mass is 10.1. The molecule has 1 heterocycles. The van der Waals surface area contributed by atoms with Gasteiger partial charge in [0, 0.05) is 12.0 Å². The first kappa shape index (κ1) is 20.9. The summed E-state index contributed by atoms with van der Waals surface area (Å²) in [5.74, 6) is 0.438. The Morgan fingerprint density at radius 3 is 2.52 bits per heavy atom. The Balaban J connectivity index is 1.70. The number of benzene rings is 2. The van der Waals surface area contributed by atoms with Crippen molar-refractivity contribution in [3.8, 4) is 17.0 Å². The molecule has 0 saturated carbocycles. The van der Waals surface area contributed by atoms with Crippen molar-refractivity contribution in [2.24, 2.45) is 5.73 Å². The maximum absolute atomic E-state index is 12.5. The third-order valence-corrected chi connectivity index (χ3v) is 6.18. The van der Waals surface area contributed by atoms with Crippen LogP contribution in [0.15, 0.2) is 58.9 Å². The summed E-state index contributed by atoms with van der Waals surface area (Å²) in [5.41, 5.74) is 7.89. The molecule has 3 N–H and O–H groups in total. The van der Waals surface area contributed by atoms with E-state index in [9.17, 15) is 9.59 Å². The Morgan fingerprint density at radius 2 is 1.86 bits per heavy atom. The van der Waals surface area contributed by atoms with Gasteiger partial charge in [0.15, 0.2) is 4.34 Å². The highest BCUT2D eigenvalue weighted by Crippen LogP contribution is 2.37. The molecule has 29 heavy (non-hydrogen) atoms. The summed E-state index contributed by atoms with van der Waals surface area (Å²) in [7, 11) is 1.62. The van der Waals surface area contributed by atoms with E-state index in [1.165, 1.54) is 23.1 Å². The van der Waals surface area contributed by atoms with Gasteiger partial charge in [-0.15, -0.1) is 0 Å². The maximum atomic E-state index is 12.5. The monoisotopic (exact) mass is 427 g/mol. The predicted octanol–water partition coefficient (Wildman–Crippen LogP) is 3.97. The molecule has 0 bridgehead atoms. The molecule has 0 atom stereocenters. The molecule has 0 radical (unpaired) electrons. The lowest BCUT2D eigenvalue weighted by Crippen LogP contribution is -2.12. The fraction of sp³-hybridized carbons (Fsp3) is 0.190. The van der Waals surface area contributed by atoms with E-state index >= 15 is 0 Å². The zero-order chi connectivity index (χ0) is 20.6. The van der Waals surface area contributed by atoms with Crippen molar-refractivity contribution < 1.29 is 14.3 Å².